The first kappa shape index (κ1) is 26.1. The van der Waals surface area contributed by atoms with Crippen LogP contribution in [0.2, 0.25) is 0 Å². The van der Waals surface area contributed by atoms with Gasteiger partial charge in [-0.3, -0.25) is 4.79 Å². The van der Waals surface area contributed by atoms with Gasteiger partial charge in [0.2, 0.25) is 5.91 Å². The first-order valence-corrected chi connectivity index (χ1v) is 14.3. The Labute approximate surface area is 216 Å². The van der Waals surface area contributed by atoms with Crippen LogP contribution >= 0.6 is 0 Å². The van der Waals surface area contributed by atoms with E-state index in [2.05, 4.69) is 0 Å². The van der Waals surface area contributed by atoms with E-state index in [0.717, 1.165) is 43.0 Å². The van der Waals surface area contributed by atoms with Gasteiger partial charge < -0.3 is 9.08 Å². The summed E-state index contributed by atoms with van der Waals surface area (Å²) >= 11 is 0. The number of hydrogen-bond donors (Lipinski definition) is 0. The zero-order valence-electron chi connectivity index (χ0n) is 21.0. The molecule has 2 aromatic carbocycles. The van der Waals surface area contributed by atoms with Crippen molar-refractivity contribution in [3.63, 3.8) is 0 Å². The molecule has 4 saturated carbocycles. The molecule has 9 heteroatoms. The lowest BCUT2D eigenvalue weighted by molar-refractivity contribution is -0.160. The van der Waals surface area contributed by atoms with Crippen LogP contribution in [0.5, 0.6) is 5.75 Å². The zero-order valence-corrected chi connectivity index (χ0v) is 21.8. The van der Waals surface area contributed by atoms with E-state index in [1.54, 1.807) is 12.1 Å². The third-order valence-corrected chi connectivity index (χ3v) is 9.55. The summed E-state index contributed by atoms with van der Waals surface area (Å²) in [5.41, 5.74) is -0.484. The molecule has 0 aliphatic heterocycles. The van der Waals surface area contributed by atoms with Gasteiger partial charge in [-0.1, -0.05) is 18.2 Å². The van der Waals surface area contributed by atoms with Crippen LogP contribution in [-0.2, 0) is 27.6 Å². The number of halogens is 3. The van der Waals surface area contributed by atoms with Gasteiger partial charge in [0.1, 0.15) is 10.6 Å². The Morgan fingerprint density at radius 3 is 2.08 bits per heavy atom. The van der Waals surface area contributed by atoms with Gasteiger partial charge >= 0.3 is 16.3 Å². The minimum Gasteiger partial charge on any atom is -0.379 e. The second-order valence-corrected chi connectivity index (χ2v) is 13.0. The summed E-state index contributed by atoms with van der Waals surface area (Å²) in [5.74, 6) is 2.22. The molecule has 1 amide bonds. The Morgan fingerprint density at radius 2 is 1.57 bits per heavy atom. The largest absolute Gasteiger partial charge is 0.416 e. The van der Waals surface area contributed by atoms with Crippen LogP contribution in [0.1, 0.15) is 63.5 Å². The molecule has 0 saturated heterocycles. The molecule has 0 unspecified atom stereocenters. The van der Waals surface area contributed by atoms with E-state index < -0.39 is 26.8 Å². The topological polar surface area (TPSA) is 63.7 Å². The van der Waals surface area contributed by atoms with Crippen molar-refractivity contribution in [3.8, 4) is 5.75 Å². The number of benzene rings is 2. The number of alkyl halides is 3. The van der Waals surface area contributed by atoms with Gasteiger partial charge in [-0.2, -0.15) is 21.6 Å². The molecule has 200 valence electrons. The quantitative estimate of drug-likeness (QED) is 0.384. The normalized spacial score (nSPS) is 26.9. The lowest BCUT2D eigenvalue weighted by Crippen LogP contribution is -2.55. The van der Waals surface area contributed by atoms with Crippen molar-refractivity contribution in [3.05, 3.63) is 59.7 Å². The van der Waals surface area contributed by atoms with Gasteiger partial charge in [0.25, 0.3) is 0 Å². The molecule has 0 atom stereocenters. The molecular weight excluding hydrogens is 503 g/mol. The first-order valence-electron chi connectivity index (χ1n) is 12.9. The van der Waals surface area contributed by atoms with E-state index in [1.165, 1.54) is 31.4 Å². The summed E-state index contributed by atoms with van der Waals surface area (Å²) in [6, 6.07) is 9.79. The predicted molar refractivity (Wildman–Crippen MR) is 132 cm³/mol. The van der Waals surface area contributed by atoms with Crippen molar-refractivity contribution in [2.75, 3.05) is 0 Å². The van der Waals surface area contributed by atoms with Crippen molar-refractivity contribution in [2.24, 2.45) is 23.2 Å². The lowest BCUT2D eigenvalue weighted by Gasteiger charge is -2.57. The van der Waals surface area contributed by atoms with Crippen molar-refractivity contribution in [1.82, 2.24) is 4.90 Å². The fourth-order valence-corrected chi connectivity index (χ4v) is 7.99. The number of rotatable bonds is 7. The molecule has 37 heavy (non-hydrogen) atoms. The van der Waals surface area contributed by atoms with Crippen molar-refractivity contribution in [2.45, 2.75) is 76.0 Å². The van der Waals surface area contributed by atoms with Crippen molar-refractivity contribution in [1.29, 1.82) is 0 Å². The molecule has 6 rings (SSSR count). The van der Waals surface area contributed by atoms with E-state index in [9.17, 15) is 26.4 Å². The van der Waals surface area contributed by atoms with E-state index >= 15 is 0 Å². The Hall–Kier alpha value is -2.55. The molecule has 4 aliphatic carbocycles. The molecule has 5 nitrogen and oxygen atoms in total. The Kier molecular flexibility index (Phi) is 6.57. The highest BCUT2D eigenvalue weighted by Crippen LogP contribution is 2.60. The fourth-order valence-electron chi connectivity index (χ4n) is 7.02. The van der Waals surface area contributed by atoms with Gasteiger partial charge in [-0.25, -0.2) is 0 Å². The van der Waals surface area contributed by atoms with Gasteiger partial charge in [0.05, 0.1) is 11.0 Å². The van der Waals surface area contributed by atoms with E-state index in [-0.39, 0.29) is 23.1 Å². The molecule has 4 aliphatic rings. The van der Waals surface area contributed by atoms with Gasteiger partial charge in [-0.05, 0) is 106 Å². The molecule has 0 spiro atoms. The van der Waals surface area contributed by atoms with Crippen molar-refractivity contribution < 1.29 is 30.6 Å². The van der Waals surface area contributed by atoms with Gasteiger partial charge in [-0.15, -0.1) is 0 Å². The molecule has 0 heterocycles. The molecule has 2 aromatic rings. The standard InChI is InChI=1S/C28H32F3NO4S/c1-18(2)32(26(33)27-14-20-10-21(15-27)12-22(11-20)16-27)17-19-6-8-24(9-7-19)36-37(34,35)25-5-3-4-23(13-25)28(29,30)31/h3-9,13,18,20-22H,10-12,14-17H2,1-2H3. The predicted octanol–water partition coefficient (Wildman–Crippen LogP) is 6.43. The summed E-state index contributed by atoms with van der Waals surface area (Å²) in [5, 5.41) is 0. The maximum atomic E-state index is 13.9. The van der Waals surface area contributed by atoms with Crippen LogP contribution in [-0.4, -0.2) is 25.3 Å². The second-order valence-electron chi connectivity index (χ2n) is 11.4. The highest BCUT2D eigenvalue weighted by Gasteiger charge is 2.55. The Morgan fingerprint density at radius 1 is 1.00 bits per heavy atom. The molecule has 4 bridgehead atoms. The average Bonchev–Trinajstić information content (AvgIpc) is 2.81. The van der Waals surface area contributed by atoms with Crippen LogP contribution in [0.15, 0.2) is 53.4 Å². The summed E-state index contributed by atoms with van der Waals surface area (Å²) in [7, 11) is -4.45. The van der Waals surface area contributed by atoms with E-state index in [1.807, 2.05) is 18.7 Å². The molecule has 0 N–H and O–H groups in total. The van der Waals surface area contributed by atoms with Crippen LogP contribution in [0, 0.1) is 23.2 Å². The average molecular weight is 536 g/mol. The molecule has 4 fully saturated rings. The number of amides is 1. The number of hydrogen-bond acceptors (Lipinski definition) is 4. The summed E-state index contributed by atoms with van der Waals surface area (Å²) in [6.07, 6.45) is 2.09. The SMILES string of the molecule is CC(C)N(Cc1ccc(OS(=O)(=O)c2cccc(C(F)(F)F)c2)cc1)C(=O)C12CC3CC(CC(C3)C1)C2. The smallest absolute Gasteiger partial charge is 0.379 e. The van der Waals surface area contributed by atoms with Gasteiger partial charge in [0, 0.05) is 12.6 Å². The molecular formula is C28H32F3NO4S. The monoisotopic (exact) mass is 535 g/mol. The highest BCUT2D eigenvalue weighted by molar-refractivity contribution is 7.87. The Bertz CT molecular complexity index is 1240. The van der Waals surface area contributed by atoms with Gasteiger partial charge in [0.15, 0.2) is 0 Å². The van der Waals surface area contributed by atoms with Crippen molar-refractivity contribution >= 4 is 16.0 Å². The fraction of sp³-hybridized carbons (Fsp3) is 0.536. The van der Waals surface area contributed by atoms with Crippen LogP contribution in [0.3, 0.4) is 0 Å². The number of carbonyl (C=O) groups excluding carboxylic acids is 1. The van der Waals surface area contributed by atoms with Crippen LogP contribution in [0.4, 0.5) is 13.2 Å². The number of nitrogens with zero attached hydrogens (tertiary/aromatic N) is 1. The van der Waals surface area contributed by atoms with E-state index in [0.29, 0.717) is 30.4 Å². The minimum absolute atomic E-state index is 0.00957. The maximum Gasteiger partial charge on any atom is 0.416 e. The number of carbonyl (C=O) groups is 1. The third kappa shape index (κ3) is 5.24. The summed E-state index contributed by atoms with van der Waals surface area (Å²) in [4.78, 5) is 15.3. The lowest BCUT2D eigenvalue weighted by atomic mass is 9.49. The van der Waals surface area contributed by atoms with Crippen LogP contribution in [0.25, 0.3) is 0 Å². The third-order valence-electron chi connectivity index (χ3n) is 8.31. The zero-order chi connectivity index (χ0) is 26.6. The second kappa shape index (κ2) is 9.33. The molecule has 0 aromatic heterocycles. The Balaban J connectivity index is 1.29. The molecule has 0 radical (unpaired) electrons. The summed E-state index contributed by atoms with van der Waals surface area (Å²) < 4.78 is 69.2. The maximum absolute atomic E-state index is 13.9. The van der Waals surface area contributed by atoms with E-state index in [4.69, 9.17) is 4.18 Å². The van der Waals surface area contributed by atoms with Crippen LogP contribution < -0.4 is 4.18 Å². The summed E-state index contributed by atoms with van der Waals surface area (Å²) in [6.45, 7) is 4.42. The highest BCUT2D eigenvalue weighted by atomic mass is 32.2. The first-order chi connectivity index (χ1) is 17.3. The minimum atomic E-state index is -4.66.